The molecule has 0 amide bonds. The summed E-state index contributed by atoms with van der Waals surface area (Å²) in [5, 5.41) is 0. The van der Waals surface area contributed by atoms with Crippen LogP contribution in [0.2, 0.25) is 0 Å². The molecule has 4 heteroatoms. The molecule has 0 saturated heterocycles. The van der Waals surface area contributed by atoms with Crippen LogP contribution >= 0.6 is 12.2 Å². The van der Waals surface area contributed by atoms with Gasteiger partial charge in [0.1, 0.15) is 0 Å². The van der Waals surface area contributed by atoms with Gasteiger partial charge < -0.3 is 37.5 Å². The van der Waals surface area contributed by atoms with Gasteiger partial charge in [0.05, 0.1) is 0 Å². The van der Waals surface area contributed by atoms with Crippen LogP contribution in [-0.2, 0) is 25.3 Å². The topological polar surface area (TPSA) is 0 Å². The van der Waals surface area contributed by atoms with Crippen molar-refractivity contribution >= 4 is 51.1 Å². The minimum Gasteiger partial charge on any atom is -0.570 e. The van der Waals surface area contributed by atoms with Gasteiger partial charge in [-0.1, -0.05) is 0 Å². The average Bonchev–Trinajstić information content (AvgIpc) is 0.811. The smallest absolute Gasteiger partial charge is 0.570 e. The molecule has 0 bridgehead atoms. The fourth-order valence-electron chi connectivity index (χ4n) is 0. The average molecular weight is 117 g/mol. The van der Waals surface area contributed by atoms with E-state index in [1.807, 2.05) is 0 Å². The quantitative estimate of drug-likeness (QED) is 0.249. The summed E-state index contributed by atoms with van der Waals surface area (Å²) in [6.45, 7) is 0. The van der Waals surface area contributed by atoms with E-state index >= 15 is 0 Å². The standard InChI is InChI=1S/CH2S3.Be/c2-1(3)4;/h(H2,2,3,4);/q;+2/p-2. The van der Waals surface area contributed by atoms with E-state index in [-0.39, 0.29) is 13.6 Å². The molecular weight excluding hydrogens is 117 g/mol. The molecule has 0 spiro atoms. The Morgan fingerprint density at radius 3 is 1.40 bits per heavy atom. The Balaban J connectivity index is 0. The van der Waals surface area contributed by atoms with Crippen LogP contribution in [0.25, 0.3) is 0 Å². The second-order valence-electron chi connectivity index (χ2n) is 0.250. The first-order valence-corrected chi connectivity index (χ1v) is 1.84. The summed E-state index contributed by atoms with van der Waals surface area (Å²) in [6.07, 6.45) is 0. The molecule has 0 aliphatic carbocycles. The Kier molecular flexibility index (Phi) is 8.64. The maximum absolute atomic E-state index is 4.17. The summed E-state index contributed by atoms with van der Waals surface area (Å²) in [7, 11) is 0. The normalized spacial score (nSPS) is 4.80. The van der Waals surface area contributed by atoms with E-state index in [0.29, 0.717) is 0 Å². The zero-order valence-electron chi connectivity index (χ0n) is 2.43. The zero-order chi connectivity index (χ0) is 3.58. The van der Waals surface area contributed by atoms with Gasteiger partial charge in [0.2, 0.25) is 0 Å². The van der Waals surface area contributed by atoms with Gasteiger partial charge in [-0.25, -0.2) is 0 Å². The van der Waals surface area contributed by atoms with Crippen molar-refractivity contribution in [1.29, 1.82) is 0 Å². The van der Waals surface area contributed by atoms with Gasteiger partial charge in [0.25, 0.3) is 0 Å². The fourth-order valence-corrected chi connectivity index (χ4v) is 0. The first-order chi connectivity index (χ1) is 1.73. The van der Waals surface area contributed by atoms with Gasteiger partial charge in [-0.3, -0.25) is 3.53 Å². The van der Waals surface area contributed by atoms with Crippen LogP contribution in [0.4, 0.5) is 0 Å². The molecular formula is CBeS3. The first kappa shape index (κ1) is 9.20. The van der Waals surface area contributed by atoms with E-state index in [2.05, 4.69) is 37.5 Å². The SMILES string of the molecule is S=C([S-])[S-].[Be+2]. The monoisotopic (exact) mass is 117 g/mol. The Hall–Kier alpha value is 0.699. The summed E-state index contributed by atoms with van der Waals surface area (Å²) in [6, 6.07) is 0. The van der Waals surface area contributed by atoms with Crippen LogP contribution in [0.3, 0.4) is 0 Å². The van der Waals surface area contributed by atoms with Crippen molar-refractivity contribution in [3.63, 3.8) is 0 Å². The second kappa shape index (κ2) is 4.70. The summed E-state index contributed by atoms with van der Waals surface area (Å²) in [5.74, 6) is 0. The summed E-state index contributed by atoms with van der Waals surface area (Å²) < 4.78 is 0.167. The van der Waals surface area contributed by atoms with E-state index in [1.54, 1.807) is 0 Å². The maximum Gasteiger partial charge on any atom is 2.00 e. The van der Waals surface area contributed by atoms with Gasteiger partial charge in [-0.2, -0.15) is 0 Å². The molecule has 0 aliphatic heterocycles. The van der Waals surface area contributed by atoms with Crippen LogP contribution in [-0.4, -0.2) is 13.6 Å². The van der Waals surface area contributed by atoms with Gasteiger partial charge in [0, 0.05) is 0 Å². The fraction of sp³-hybridized carbons (Fsp3) is 0. The third-order valence-electron chi connectivity index (χ3n) is 0. The molecule has 0 atom stereocenters. The van der Waals surface area contributed by atoms with E-state index in [1.165, 1.54) is 0 Å². The van der Waals surface area contributed by atoms with E-state index < -0.39 is 0 Å². The van der Waals surface area contributed by atoms with E-state index in [9.17, 15) is 0 Å². The molecule has 5 heavy (non-hydrogen) atoms. The van der Waals surface area contributed by atoms with Crippen LogP contribution < -0.4 is 0 Å². The molecule has 0 fully saturated rings. The van der Waals surface area contributed by atoms with Crippen molar-refractivity contribution in [1.82, 2.24) is 0 Å². The zero-order valence-corrected chi connectivity index (χ0v) is 4.88. The first-order valence-electron chi connectivity index (χ1n) is 0.612. The van der Waals surface area contributed by atoms with Crippen molar-refractivity contribution in [2.24, 2.45) is 0 Å². The van der Waals surface area contributed by atoms with Crippen molar-refractivity contribution in [2.45, 2.75) is 0 Å². The van der Waals surface area contributed by atoms with Crippen molar-refractivity contribution in [2.75, 3.05) is 0 Å². The van der Waals surface area contributed by atoms with Gasteiger partial charge in [0.15, 0.2) is 0 Å². The number of hydrogen-bond acceptors (Lipinski definition) is 3. The molecule has 0 aromatic carbocycles. The number of rotatable bonds is 0. The molecule has 24 valence electrons. The van der Waals surface area contributed by atoms with Crippen LogP contribution in [0, 0.1) is 0 Å². The minimum atomic E-state index is 0. The molecule has 0 heterocycles. The molecule has 0 aromatic heterocycles. The predicted octanol–water partition coefficient (Wildman–Crippen LogP) is -0.0157. The van der Waals surface area contributed by atoms with Crippen molar-refractivity contribution in [3.05, 3.63) is 0 Å². The molecule has 0 rings (SSSR count). The Bertz CT molecular complexity index is 29.9. The van der Waals surface area contributed by atoms with E-state index in [4.69, 9.17) is 0 Å². The maximum atomic E-state index is 4.17. The molecule has 0 aromatic rings. The van der Waals surface area contributed by atoms with Crippen molar-refractivity contribution < 1.29 is 0 Å². The molecule has 0 nitrogen and oxygen atoms in total. The van der Waals surface area contributed by atoms with Crippen LogP contribution in [0.5, 0.6) is 0 Å². The molecule has 0 radical (unpaired) electrons. The van der Waals surface area contributed by atoms with Gasteiger partial charge in [-0.15, -0.1) is 0 Å². The second-order valence-corrected chi connectivity index (χ2v) is 2.25. The number of thiocarbonyl (C=S) groups is 1. The largest absolute Gasteiger partial charge is 2.00 e. The minimum absolute atomic E-state index is 0. The van der Waals surface area contributed by atoms with E-state index in [0.717, 1.165) is 0 Å². The Morgan fingerprint density at radius 2 is 1.40 bits per heavy atom. The third kappa shape index (κ3) is 70.1. The molecule has 0 N–H and O–H groups in total. The van der Waals surface area contributed by atoms with Crippen LogP contribution in [0.15, 0.2) is 0 Å². The summed E-state index contributed by atoms with van der Waals surface area (Å²) >= 11 is 12.5. The number of hydrogen-bond donors (Lipinski definition) is 0. The van der Waals surface area contributed by atoms with Crippen molar-refractivity contribution in [3.8, 4) is 0 Å². The van der Waals surface area contributed by atoms with Gasteiger partial charge >= 0.3 is 10.1 Å². The summed E-state index contributed by atoms with van der Waals surface area (Å²) in [4.78, 5) is 0. The van der Waals surface area contributed by atoms with Crippen LogP contribution in [0.1, 0.15) is 0 Å². The summed E-state index contributed by atoms with van der Waals surface area (Å²) in [5.41, 5.74) is 0. The predicted molar refractivity (Wildman–Crippen MR) is 33.1 cm³/mol. The van der Waals surface area contributed by atoms with Gasteiger partial charge in [-0.05, 0) is 0 Å². The Morgan fingerprint density at radius 1 is 1.40 bits per heavy atom. The third-order valence-corrected chi connectivity index (χ3v) is 0. The Labute approximate surface area is 51.4 Å². The molecule has 0 saturated carbocycles. The molecule has 0 unspecified atom stereocenters. The molecule has 0 aliphatic rings.